The third-order valence-electron chi connectivity index (χ3n) is 4.67. The van der Waals surface area contributed by atoms with Crippen molar-refractivity contribution in [2.45, 2.75) is 20.3 Å². The number of carbonyl (C=O) groups is 1. The fourth-order valence-electron chi connectivity index (χ4n) is 3.01. The Morgan fingerprint density at radius 3 is 2.50 bits per heavy atom. The molecule has 1 amide bonds. The molecule has 1 aliphatic heterocycles. The van der Waals surface area contributed by atoms with Gasteiger partial charge in [-0.3, -0.25) is 4.79 Å². The molecule has 0 atom stereocenters. The average molecular weight is 326 g/mol. The quantitative estimate of drug-likeness (QED) is 0.915. The van der Waals surface area contributed by atoms with Crippen LogP contribution in [0.15, 0.2) is 36.4 Å². The number of halogens is 1. The Kier molecular flexibility index (Phi) is 4.95. The van der Waals surface area contributed by atoms with Gasteiger partial charge in [-0.15, -0.1) is 0 Å². The van der Waals surface area contributed by atoms with Crippen LogP contribution in [0.3, 0.4) is 0 Å². The summed E-state index contributed by atoms with van der Waals surface area (Å²) in [4.78, 5) is 14.3. The molecule has 1 heterocycles. The van der Waals surface area contributed by atoms with Crippen molar-refractivity contribution in [2.24, 2.45) is 0 Å². The van der Waals surface area contributed by atoms with Crippen LogP contribution < -0.4 is 5.32 Å². The van der Waals surface area contributed by atoms with Crippen molar-refractivity contribution >= 4 is 5.91 Å². The fourth-order valence-corrected chi connectivity index (χ4v) is 3.01. The first kappa shape index (κ1) is 16.7. The molecule has 3 rings (SSSR count). The average Bonchev–Trinajstić information content (AvgIpc) is 2.86. The van der Waals surface area contributed by atoms with E-state index in [1.807, 2.05) is 31.2 Å². The standard InChI is InChI=1S/C20H23FN2O/c1-14-4-5-16(12-15(14)2)17-6-7-18(19(21)13-17)20(24)23-10-3-8-22-9-11-23/h4-7,12-13,22H,3,8-11H2,1-2H3. The van der Waals surface area contributed by atoms with E-state index in [9.17, 15) is 9.18 Å². The van der Waals surface area contributed by atoms with E-state index in [1.54, 1.807) is 11.0 Å². The molecule has 1 N–H and O–H groups in total. The molecule has 2 aromatic carbocycles. The number of nitrogens with one attached hydrogen (secondary N) is 1. The van der Waals surface area contributed by atoms with E-state index in [4.69, 9.17) is 0 Å². The molecule has 0 saturated carbocycles. The smallest absolute Gasteiger partial charge is 0.256 e. The zero-order valence-corrected chi connectivity index (χ0v) is 14.2. The molecule has 1 saturated heterocycles. The van der Waals surface area contributed by atoms with E-state index in [2.05, 4.69) is 12.2 Å². The van der Waals surface area contributed by atoms with Gasteiger partial charge in [-0.05, 0) is 61.2 Å². The van der Waals surface area contributed by atoms with Crippen LogP contribution in [-0.2, 0) is 0 Å². The summed E-state index contributed by atoms with van der Waals surface area (Å²) in [6.07, 6.45) is 0.897. The van der Waals surface area contributed by atoms with Gasteiger partial charge in [0.05, 0.1) is 5.56 Å². The summed E-state index contributed by atoms with van der Waals surface area (Å²) in [6, 6.07) is 11.0. The molecule has 126 valence electrons. The molecule has 0 unspecified atom stereocenters. The highest BCUT2D eigenvalue weighted by Crippen LogP contribution is 2.25. The number of carbonyl (C=O) groups excluding carboxylic acids is 1. The summed E-state index contributed by atoms with van der Waals surface area (Å²) in [5.41, 5.74) is 4.30. The molecule has 24 heavy (non-hydrogen) atoms. The van der Waals surface area contributed by atoms with Crippen molar-refractivity contribution < 1.29 is 9.18 Å². The lowest BCUT2D eigenvalue weighted by Crippen LogP contribution is -2.34. The SMILES string of the molecule is Cc1ccc(-c2ccc(C(=O)N3CCCNCC3)c(F)c2)cc1C. The lowest BCUT2D eigenvalue weighted by atomic mass is 9.99. The summed E-state index contributed by atoms with van der Waals surface area (Å²) in [6.45, 7) is 7.05. The summed E-state index contributed by atoms with van der Waals surface area (Å²) in [5, 5.41) is 3.25. The zero-order chi connectivity index (χ0) is 17.1. The molecule has 0 bridgehead atoms. The van der Waals surface area contributed by atoms with Crippen molar-refractivity contribution in [1.82, 2.24) is 10.2 Å². The molecule has 0 aliphatic carbocycles. The Bertz CT molecular complexity index is 749. The largest absolute Gasteiger partial charge is 0.337 e. The third kappa shape index (κ3) is 3.49. The van der Waals surface area contributed by atoms with Gasteiger partial charge in [0.2, 0.25) is 0 Å². The first-order valence-electron chi connectivity index (χ1n) is 8.43. The van der Waals surface area contributed by atoms with E-state index in [1.165, 1.54) is 17.2 Å². The van der Waals surface area contributed by atoms with Gasteiger partial charge in [-0.25, -0.2) is 4.39 Å². The number of aryl methyl sites for hydroxylation is 2. The predicted octanol–water partition coefficient (Wildman–Crippen LogP) is 3.55. The maximum absolute atomic E-state index is 14.6. The van der Waals surface area contributed by atoms with Crippen molar-refractivity contribution in [2.75, 3.05) is 26.2 Å². The first-order chi connectivity index (χ1) is 11.6. The van der Waals surface area contributed by atoms with Gasteiger partial charge < -0.3 is 10.2 Å². The van der Waals surface area contributed by atoms with Crippen LogP contribution in [0.5, 0.6) is 0 Å². The molecular formula is C20H23FN2O. The Labute approximate surface area is 142 Å². The lowest BCUT2D eigenvalue weighted by molar-refractivity contribution is 0.0761. The summed E-state index contributed by atoms with van der Waals surface area (Å²) >= 11 is 0. The minimum Gasteiger partial charge on any atom is -0.337 e. The lowest BCUT2D eigenvalue weighted by Gasteiger charge is -2.20. The van der Waals surface area contributed by atoms with Crippen molar-refractivity contribution in [3.05, 3.63) is 58.9 Å². The number of nitrogens with zero attached hydrogens (tertiary/aromatic N) is 1. The van der Waals surface area contributed by atoms with E-state index in [0.29, 0.717) is 13.1 Å². The van der Waals surface area contributed by atoms with E-state index >= 15 is 0 Å². The molecule has 2 aromatic rings. The molecule has 0 spiro atoms. The van der Waals surface area contributed by atoms with Crippen LogP contribution in [0.2, 0.25) is 0 Å². The van der Waals surface area contributed by atoms with Gasteiger partial charge in [-0.2, -0.15) is 0 Å². The number of benzene rings is 2. The molecule has 1 aliphatic rings. The van der Waals surface area contributed by atoms with Crippen molar-refractivity contribution in [1.29, 1.82) is 0 Å². The van der Waals surface area contributed by atoms with Crippen LogP contribution >= 0.6 is 0 Å². The van der Waals surface area contributed by atoms with E-state index in [0.717, 1.165) is 30.6 Å². The Morgan fingerprint density at radius 2 is 1.75 bits per heavy atom. The second kappa shape index (κ2) is 7.14. The van der Waals surface area contributed by atoms with Gasteiger partial charge in [0.1, 0.15) is 5.82 Å². The molecule has 0 radical (unpaired) electrons. The van der Waals surface area contributed by atoms with E-state index < -0.39 is 5.82 Å². The van der Waals surface area contributed by atoms with Crippen molar-refractivity contribution in [3.8, 4) is 11.1 Å². The van der Waals surface area contributed by atoms with Gasteiger partial charge in [-0.1, -0.05) is 24.3 Å². The van der Waals surface area contributed by atoms with Gasteiger partial charge in [0, 0.05) is 19.6 Å². The van der Waals surface area contributed by atoms with E-state index in [-0.39, 0.29) is 11.5 Å². The predicted molar refractivity (Wildman–Crippen MR) is 94.7 cm³/mol. The highest BCUT2D eigenvalue weighted by molar-refractivity contribution is 5.95. The number of hydrogen-bond donors (Lipinski definition) is 1. The third-order valence-corrected chi connectivity index (χ3v) is 4.67. The number of rotatable bonds is 2. The monoisotopic (exact) mass is 326 g/mol. The van der Waals surface area contributed by atoms with Crippen LogP contribution in [0.1, 0.15) is 27.9 Å². The van der Waals surface area contributed by atoms with Crippen LogP contribution in [0.4, 0.5) is 4.39 Å². The molecule has 3 nitrogen and oxygen atoms in total. The molecule has 1 fully saturated rings. The van der Waals surface area contributed by atoms with Crippen molar-refractivity contribution in [3.63, 3.8) is 0 Å². The molecule has 4 heteroatoms. The van der Waals surface area contributed by atoms with Gasteiger partial charge in [0.15, 0.2) is 0 Å². The highest BCUT2D eigenvalue weighted by Gasteiger charge is 2.20. The van der Waals surface area contributed by atoms with Crippen LogP contribution in [0, 0.1) is 19.7 Å². The number of amides is 1. The topological polar surface area (TPSA) is 32.3 Å². The second-order valence-corrected chi connectivity index (χ2v) is 6.39. The zero-order valence-electron chi connectivity index (χ0n) is 14.2. The minimum atomic E-state index is -0.451. The summed E-state index contributed by atoms with van der Waals surface area (Å²) in [7, 11) is 0. The Balaban J connectivity index is 1.86. The fraction of sp³-hybridized carbons (Fsp3) is 0.350. The normalized spacial score (nSPS) is 15.2. The molecule has 0 aromatic heterocycles. The first-order valence-corrected chi connectivity index (χ1v) is 8.43. The maximum atomic E-state index is 14.6. The van der Waals surface area contributed by atoms with Gasteiger partial charge >= 0.3 is 0 Å². The summed E-state index contributed by atoms with van der Waals surface area (Å²) < 4.78 is 14.6. The van der Waals surface area contributed by atoms with Crippen LogP contribution in [-0.4, -0.2) is 37.0 Å². The second-order valence-electron chi connectivity index (χ2n) is 6.39. The van der Waals surface area contributed by atoms with Gasteiger partial charge in [0.25, 0.3) is 5.91 Å². The minimum absolute atomic E-state index is 0.157. The Morgan fingerprint density at radius 1 is 1.00 bits per heavy atom. The summed E-state index contributed by atoms with van der Waals surface area (Å²) in [5.74, 6) is -0.671. The number of hydrogen-bond acceptors (Lipinski definition) is 2. The highest BCUT2D eigenvalue weighted by atomic mass is 19.1. The molecular weight excluding hydrogens is 303 g/mol. The maximum Gasteiger partial charge on any atom is 0.256 e. The Hall–Kier alpha value is -2.20. The van der Waals surface area contributed by atoms with Crippen LogP contribution in [0.25, 0.3) is 11.1 Å².